The van der Waals surface area contributed by atoms with Gasteiger partial charge in [0, 0.05) is 0 Å². The zero-order valence-electron chi connectivity index (χ0n) is 15.3. The van der Waals surface area contributed by atoms with E-state index in [9.17, 15) is 0 Å². The highest BCUT2D eigenvalue weighted by Crippen LogP contribution is 2.39. The van der Waals surface area contributed by atoms with Crippen molar-refractivity contribution < 1.29 is 0 Å². The minimum Gasteiger partial charge on any atom is -0.305 e. The summed E-state index contributed by atoms with van der Waals surface area (Å²) in [6.07, 6.45) is 5.74. The summed E-state index contributed by atoms with van der Waals surface area (Å²) < 4.78 is 1.94. The molecule has 0 radical (unpaired) electrons. The van der Waals surface area contributed by atoms with Gasteiger partial charge in [0.1, 0.15) is 0 Å². The van der Waals surface area contributed by atoms with Gasteiger partial charge in [-0.15, -0.1) is 5.10 Å². The van der Waals surface area contributed by atoms with Gasteiger partial charge in [-0.05, 0) is 92.1 Å². The maximum Gasteiger partial charge on any atom is 0.176 e. The molecule has 3 rings (SSSR count). The number of tetrazole rings is 1. The first-order valence-corrected chi connectivity index (χ1v) is 9.16. The minimum atomic E-state index is -0.107. The molecule has 2 aromatic rings. The highest BCUT2D eigenvalue weighted by molar-refractivity contribution is 5.39. The first-order chi connectivity index (χ1) is 11.5. The first kappa shape index (κ1) is 17.1. The van der Waals surface area contributed by atoms with E-state index < -0.39 is 0 Å². The van der Waals surface area contributed by atoms with Crippen molar-refractivity contribution in [2.45, 2.75) is 65.3 Å². The molecule has 1 aromatic heterocycles. The zero-order valence-corrected chi connectivity index (χ0v) is 15.3. The fourth-order valence-electron chi connectivity index (χ4n) is 3.83. The van der Waals surface area contributed by atoms with Crippen molar-refractivity contribution in [1.29, 1.82) is 0 Å². The maximum atomic E-state index is 4.47. The van der Waals surface area contributed by atoms with Crippen molar-refractivity contribution in [2.75, 3.05) is 6.54 Å². The van der Waals surface area contributed by atoms with Crippen LogP contribution in [-0.4, -0.2) is 26.8 Å². The van der Waals surface area contributed by atoms with Gasteiger partial charge in [-0.25, -0.2) is 0 Å². The second-order valence-electron chi connectivity index (χ2n) is 7.45. The Bertz CT molecular complexity index is 657. The molecular formula is C19H29N5. The standard InChI is InChI=1S/C19H29N5/c1-5-10-20-19(8-6-14(2)7-9-19)18-21-22-23-24(18)17-12-15(3)11-16(4)13-17/h11-14,20H,5-10H2,1-4H3. The summed E-state index contributed by atoms with van der Waals surface area (Å²) in [5.41, 5.74) is 3.42. The van der Waals surface area contributed by atoms with Crippen LogP contribution in [-0.2, 0) is 5.54 Å². The third-order valence-electron chi connectivity index (χ3n) is 5.19. The lowest BCUT2D eigenvalue weighted by atomic mass is 9.76. The second kappa shape index (κ2) is 7.01. The summed E-state index contributed by atoms with van der Waals surface area (Å²) in [4.78, 5) is 0. The summed E-state index contributed by atoms with van der Waals surface area (Å²) in [6, 6.07) is 6.50. The Morgan fingerprint density at radius 3 is 2.46 bits per heavy atom. The van der Waals surface area contributed by atoms with Crippen LogP contribution in [0.4, 0.5) is 0 Å². The van der Waals surface area contributed by atoms with Crippen molar-refractivity contribution in [1.82, 2.24) is 25.5 Å². The summed E-state index contributed by atoms with van der Waals surface area (Å²) in [7, 11) is 0. The van der Waals surface area contributed by atoms with E-state index >= 15 is 0 Å². The van der Waals surface area contributed by atoms with Crippen molar-refractivity contribution in [3.63, 3.8) is 0 Å². The number of aromatic nitrogens is 4. The topological polar surface area (TPSA) is 55.6 Å². The van der Waals surface area contributed by atoms with Crippen molar-refractivity contribution in [3.8, 4) is 5.69 Å². The molecule has 0 saturated heterocycles. The molecule has 5 nitrogen and oxygen atoms in total. The van der Waals surface area contributed by atoms with E-state index in [1.807, 2.05) is 4.68 Å². The SMILES string of the molecule is CCCNC1(c2nnnn2-c2cc(C)cc(C)c2)CCC(C)CC1. The van der Waals surface area contributed by atoms with Crippen LogP contribution in [0.1, 0.15) is 62.9 Å². The van der Waals surface area contributed by atoms with Crippen LogP contribution in [0.2, 0.25) is 0 Å². The normalized spacial score (nSPS) is 24.2. The van der Waals surface area contributed by atoms with Gasteiger partial charge in [0.25, 0.3) is 0 Å². The lowest BCUT2D eigenvalue weighted by Crippen LogP contribution is -2.47. The Hall–Kier alpha value is -1.75. The van der Waals surface area contributed by atoms with Crippen LogP contribution in [0, 0.1) is 19.8 Å². The fraction of sp³-hybridized carbons (Fsp3) is 0.632. The molecule has 24 heavy (non-hydrogen) atoms. The highest BCUT2D eigenvalue weighted by Gasteiger charge is 2.40. The first-order valence-electron chi connectivity index (χ1n) is 9.16. The van der Waals surface area contributed by atoms with E-state index in [4.69, 9.17) is 0 Å². The smallest absolute Gasteiger partial charge is 0.176 e. The third-order valence-corrected chi connectivity index (χ3v) is 5.19. The molecule has 0 aliphatic heterocycles. The minimum absolute atomic E-state index is 0.107. The van der Waals surface area contributed by atoms with Gasteiger partial charge in [-0.3, -0.25) is 0 Å². The molecule has 0 unspecified atom stereocenters. The van der Waals surface area contributed by atoms with Crippen molar-refractivity contribution >= 4 is 0 Å². The van der Waals surface area contributed by atoms with E-state index in [2.05, 4.69) is 66.7 Å². The third kappa shape index (κ3) is 3.36. The molecule has 0 atom stereocenters. The molecule has 1 fully saturated rings. The van der Waals surface area contributed by atoms with Crippen LogP contribution in [0.3, 0.4) is 0 Å². The summed E-state index contributed by atoms with van der Waals surface area (Å²) in [5.74, 6) is 1.75. The number of benzene rings is 1. The predicted molar refractivity (Wildman–Crippen MR) is 96.2 cm³/mol. The van der Waals surface area contributed by atoms with Gasteiger partial charge in [0.2, 0.25) is 0 Å². The molecule has 1 aliphatic rings. The molecule has 0 spiro atoms. The predicted octanol–water partition coefficient (Wildman–Crippen LogP) is 3.68. The molecular weight excluding hydrogens is 298 g/mol. The van der Waals surface area contributed by atoms with E-state index in [-0.39, 0.29) is 5.54 Å². The number of nitrogens with one attached hydrogen (secondary N) is 1. The zero-order chi connectivity index (χ0) is 17.2. The number of hydrogen-bond donors (Lipinski definition) is 1. The van der Waals surface area contributed by atoms with Crippen LogP contribution < -0.4 is 5.32 Å². The number of aryl methyl sites for hydroxylation is 2. The van der Waals surface area contributed by atoms with E-state index in [0.717, 1.165) is 43.2 Å². The fourth-order valence-corrected chi connectivity index (χ4v) is 3.83. The van der Waals surface area contributed by atoms with Gasteiger partial charge in [-0.1, -0.05) is 19.9 Å². The summed E-state index contributed by atoms with van der Waals surface area (Å²) >= 11 is 0. The van der Waals surface area contributed by atoms with Crippen LogP contribution in [0.5, 0.6) is 0 Å². The quantitative estimate of drug-likeness (QED) is 0.910. The largest absolute Gasteiger partial charge is 0.305 e. The van der Waals surface area contributed by atoms with Crippen LogP contribution in [0.25, 0.3) is 5.69 Å². The number of nitrogens with zero attached hydrogens (tertiary/aromatic N) is 4. The molecule has 1 N–H and O–H groups in total. The Labute approximate surface area is 144 Å². The molecule has 130 valence electrons. The molecule has 0 amide bonds. The molecule has 1 saturated carbocycles. The van der Waals surface area contributed by atoms with Gasteiger partial charge < -0.3 is 5.32 Å². The summed E-state index contributed by atoms with van der Waals surface area (Å²) in [5, 5.41) is 16.6. The van der Waals surface area contributed by atoms with E-state index in [1.165, 1.54) is 24.0 Å². The lowest BCUT2D eigenvalue weighted by molar-refractivity contribution is 0.183. The monoisotopic (exact) mass is 327 g/mol. The molecule has 5 heteroatoms. The van der Waals surface area contributed by atoms with E-state index in [1.54, 1.807) is 0 Å². The summed E-state index contributed by atoms with van der Waals surface area (Å²) in [6.45, 7) is 9.78. The van der Waals surface area contributed by atoms with Crippen molar-refractivity contribution in [2.24, 2.45) is 5.92 Å². The average molecular weight is 327 g/mol. The Kier molecular flexibility index (Phi) is 4.99. The Morgan fingerprint density at radius 1 is 1.17 bits per heavy atom. The van der Waals surface area contributed by atoms with Gasteiger partial charge in [0.05, 0.1) is 11.2 Å². The van der Waals surface area contributed by atoms with Crippen molar-refractivity contribution in [3.05, 3.63) is 35.2 Å². The van der Waals surface area contributed by atoms with Gasteiger partial charge in [-0.2, -0.15) is 4.68 Å². The van der Waals surface area contributed by atoms with E-state index in [0.29, 0.717) is 0 Å². The Morgan fingerprint density at radius 2 is 1.83 bits per heavy atom. The molecule has 1 heterocycles. The van der Waals surface area contributed by atoms with Gasteiger partial charge >= 0.3 is 0 Å². The molecule has 1 aromatic carbocycles. The average Bonchev–Trinajstić information content (AvgIpc) is 3.04. The Balaban J connectivity index is 2.02. The van der Waals surface area contributed by atoms with Crippen LogP contribution >= 0.6 is 0 Å². The highest BCUT2D eigenvalue weighted by atomic mass is 15.6. The van der Waals surface area contributed by atoms with Gasteiger partial charge in [0.15, 0.2) is 5.82 Å². The maximum absolute atomic E-state index is 4.47. The molecule has 1 aliphatic carbocycles. The lowest BCUT2D eigenvalue weighted by Gasteiger charge is -2.39. The number of rotatable bonds is 5. The van der Waals surface area contributed by atoms with Crippen LogP contribution in [0.15, 0.2) is 18.2 Å². The second-order valence-corrected chi connectivity index (χ2v) is 7.45. The number of hydrogen-bond acceptors (Lipinski definition) is 4. The molecule has 0 bridgehead atoms.